The minimum absolute atomic E-state index is 0.0475. The summed E-state index contributed by atoms with van der Waals surface area (Å²) in [6, 6.07) is 19.1. The molecule has 0 unspecified atom stereocenters. The standard InChI is InChI=1S/C29H34N4O6S/c1-21-11-9-12-23(17-21)19-31(22(2)28(35)30-29(3,4)5)27(34)20-32(24-13-10-14-25(18-24)33(36)37)40(38,39)26-15-7-6-8-16-26/h6-18,22H,19-20H2,1-5H3,(H,30,35)/t22-/m1/s1. The molecule has 0 saturated heterocycles. The van der Waals surface area contributed by atoms with E-state index in [1.54, 1.807) is 25.1 Å². The molecule has 0 bridgehead atoms. The Labute approximate surface area is 234 Å². The van der Waals surface area contributed by atoms with Gasteiger partial charge in [0, 0.05) is 24.2 Å². The van der Waals surface area contributed by atoms with E-state index in [1.807, 2.05) is 52.0 Å². The molecule has 0 aliphatic heterocycles. The molecule has 0 aliphatic rings. The quantitative estimate of drug-likeness (QED) is 0.285. The molecule has 0 saturated carbocycles. The van der Waals surface area contributed by atoms with Gasteiger partial charge in [-0.05, 0) is 58.4 Å². The molecule has 40 heavy (non-hydrogen) atoms. The monoisotopic (exact) mass is 566 g/mol. The number of hydrogen-bond acceptors (Lipinski definition) is 6. The van der Waals surface area contributed by atoms with Crippen molar-refractivity contribution in [2.24, 2.45) is 0 Å². The number of rotatable bonds is 10. The van der Waals surface area contributed by atoms with Gasteiger partial charge in [-0.2, -0.15) is 0 Å². The van der Waals surface area contributed by atoms with Gasteiger partial charge in [0.25, 0.3) is 15.7 Å². The highest BCUT2D eigenvalue weighted by Crippen LogP contribution is 2.27. The van der Waals surface area contributed by atoms with Crippen molar-refractivity contribution in [3.8, 4) is 0 Å². The second-order valence-corrected chi connectivity index (χ2v) is 12.4. The van der Waals surface area contributed by atoms with Crippen LogP contribution in [0.5, 0.6) is 0 Å². The van der Waals surface area contributed by atoms with E-state index in [1.165, 1.54) is 35.2 Å². The fourth-order valence-electron chi connectivity index (χ4n) is 4.07. The normalized spacial score (nSPS) is 12.3. The summed E-state index contributed by atoms with van der Waals surface area (Å²) < 4.78 is 28.4. The Balaban J connectivity index is 2.07. The lowest BCUT2D eigenvalue weighted by Crippen LogP contribution is -2.54. The molecule has 1 N–H and O–H groups in total. The summed E-state index contributed by atoms with van der Waals surface area (Å²) >= 11 is 0. The number of amides is 2. The van der Waals surface area contributed by atoms with Gasteiger partial charge in [0.15, 0.2) is 0 Å². The molecule has 212 valence electrons. The van der Waals surface area contributed by atoms with Crippen LogP contribution in [0.1, 0.15) is 38.8 Å². The van der Waals surface area contributed by atoms with Crippen LogP contribution < -0.4 is 9.62 Å². The smallest absolute Gasteiger partial charge is 0.271 e. The van der Waals surface area contributed by atoms with Crippen LogP contribution in [0, 0.1) is 17.0 Å². The number of benzene rings is 3. The Morgan fingerprint density at radius 2 is 1.62 bits per heavy atom. The first-order valence-corrected chi connectivity index (χ1v) is 14.1. The van der Waals surface area contributed by atoms with E-state index in [-0.39, 0.29) is 22.8 Å². The lowest BCUT2D eigenvalue weighted by molar-refractivity contribution is -0.384. The zero-order valence-corrected chi connectivity index (χ0v) is 24.0. The maximum Gasteiger partial charge on any atom is 0.271 e. The number of nitrogens with zero attached hydrogens (tertiary/aromatic N) is 3. The number of hydrogen-bond donors (Lipinski definition) is 1. The molecule has 3 rings (SSSR count). The summed E-state index contributed by atoms with van der Waals surface area (Å²) in [4.78, 5) is 39.1. The van der Waals surface area contributed by atoms with Crippen LogP contribution in [0.3, 0.4) is 0 Å². The SMILES string of the molecule is Cc1cccc(CN(C(=O)CN(c2cccc([N+](=O)[O-])c2)S(=O)(=O)c2ccccc2)[C@H](C)C(=O)NC(C)(C)C)c1. The van der Waals surface area contributed by atoms with E-state index in [2.05, 4.69) is 5.32 Å². The molecule has 0 heterocycles. The highest BCUT2D eigenvalue weighted by Gasteiger charge is 2.33. The van der Waals surface area contributed by atoms with Crippen LogP contribution in [0.2, 0.25) is 0 Å². The van der Waals surface area contributed by atoms with Crippen LogP contribution in [-0.4, -0.2) is 48.2 Å². The number of nitrogens with one attached hydrogen (secondary N) is 1. The first-order valence-electron chi connectivity index (χ1n) is 12.7. The minimum Gasteiger partial charge on any atom is -0.350 e. The van der Waals surface area contributed by atoms with Crippen molar-refractivity contribution in [3.63, 3.8) is 0 Å². The molecule has 2 amide bonds. The summed E-state index contributed by atoms with van der Waals surface area (Å²) in [5.74, 6) is -1.05. The highest BCUT2D eigenvalue weighted by atomic mass is 32.2. The maximum absolute atomic E-state index is 13.9. The fraction of sp³-hybridized carbons (Fsp3) is 0.310. The Morgan fingerprint density at radius 3 is 2.23 bits per heavy atom. The summed E-state index contributed by atoms with van der Waals surface area (Å²) in [5.41, 5.74) is 0.786. The van der Waals surface area contributed by atoms with Gasteiger partial charge >= 0.3 is 0 Å². The van der Waals surface area contributed by atoms with Gasteiger partial charge in [-0.15, -0.1) is 0 Å². The van der Waals surface area contributed by atoms with Gasteiger partial charge in [0.2, 0.25) is 11.8 Å². The Kier molecular flexibility index (Phi) is 9.31. The highest BCUT2D eigenvalue weighted by molar-refractivity contribution is 7.92. The average Bonchev–Trinajstić information content (AvgIpc) is 2.89. The van der Waals surface area contributed by atoms with Crippen LogP contribution in [-0.2, 0) is 26.2 Å². The topological polar surface area (TPSA) is 130 Å². The predicted octanol–water partition coefficient (Wildman–Crippen LogP) is 4.43. The van der Waals surface area contributed by atoms with Crippen molar-refractivity contribution in [2.45, 2.75) is 57.6 Å². The number of sulfonamides is 1. The summed E-state index contributed by atoms with van der Waals surface area (Å²) in [6.07, 6.45) is 0. The zero-order chi connectivity index (χ0) is 29.7. The predicted molar refractivity (Wildman–Crippen MR) is 153 cm³/mol. The van der Waals surface area contributed by atoms with E-state index in [4.69, 9.17) is 0 Å². The van der Waals surface area contributed by atoms with Crippen molar-refractivity contribution in [3.05, 3.63) is 100 Å². The van der Waals surface area contributed by atoms with E-state index in [0.29, 0.717) is 0 Å². The van der Waals surface area contributed by atoms with Crippen molar-refractivity contribution in [1.82, 2.24) is 10.2 Å². The molecular weight excluding hydrogens is 532 g/mol. The molecule has 3 aromatic rings. The maximum atomic E-state index is 13.9. The molecule has 10 nitrogen and oxygen atoms in total. The molecule has 0 aromatic heterocycles. The fourth-order valence-corrected chi connectivity index (χ4v) is 5.50. The number of carbonyl (C=O) groups excluding carboxylic acids is 2. The van der Waals surface area contributed by atoms with Gasteiger partial charge in [0.05, 0.1) is 15.5 Å². The summed E-state index contributed by atoms with van der Waals surface area (Å²) in [5, 5.41) is 14.3. The van der Waals surface area contributed by atoms with Crippen LogP contribution in [0.25, 0.3) is 0 Å². The Morgan fingerprint density at radius 1 is 0.975 bits per heavy atom. The third-order valence-corrected chi connectivity index (χ3v) is 7.83. The van der Waals surface area contributed by atoms with Gasteiger partial charge in [-0.25, -0.2) is 8.42 Å². The Bertz CT molecular complexity index is 1490. The number of anilines is 1. The zero-order valence-electron chi connectivity index (χ0n) is 23.2. The largest absolute Gasteiger partial charge is 0.350 e. The van der Waals surface area contributed by atoms with Gasteiger partial charge in [-0.3, -0.25) is 24.0 Å². The summed E-state index contributed by atoms with van der Waals surface area (Å²) in [6.45, 7) is 8.31. The van der Waals surface area contributed by atoms with Crippen molar-refractivity contribution < 1.29 is 22.9 Å². The second kappa shape index (κ2) is 12.3. The van der Waals surface area contributed by atoms with Crippen LogP contribution in [0.15, 0.2) is 83.8 Å². The molecule has 0 aliphatic carbocycles. The first-order chi connectivity index (χ1) is 18.7. The van der Waals surface area contributed by atoms with E-state index in [0.717, 1.165) is 21.5 Å². The lowest BCUT2D eigenvalue weighted by Gasteiger charge is -2.33. The Hall–Kier alpha value is -4.25. The summed E-state index contributed by atoms with van der Waals surface area (Å²) in [7, 11) is -4.32. The van der Waals surface area contributed by atoms with Crippen molar-refractivity contribution >= 4 is 33.2 Å². The molecular formula is C29H34N4O6S. The van der Waals surface area contributed by atoms with E-state index >= 15 is 0 Å². The first kappa shape index (κ1) is 30.3. The number of non-ortho nitro benzene ring substituents is 1. The average molecular weight is 567 g/mol. The second-order valence-electron chi connectivity index (χ2n) is 10.5. The van der Waals surface area contributed by atoms with Gasteiger partial charge < -0.3 is 10.2 Å². The lowest BCUT2D eigenvalue weighted by atomic mass is 10.1. The third-order valence-electron chi connectivity index (χ3n) is 6.04. The van der Waals surface area contributed by atoms with E-state index < -0.39 is 44.9 Å². The third kappa shape index (κ3) is 7.66. The molecule has 0 spiro atoms. The van der Waals surface area contributed by atoms with E-state index in [9.17, 15) is 28.1 Å². The van der Waals surface area contributed by atoms with Gasteiger partial charge in [-0.1, -0.05) is 54.1 Å². The van der Waals surface area contributed by atoms with Gasteiger partial charge in [0.1, 0.15) is 12.6 Å². The number of nitro groups is 1. The number of nitro benzene ring substituents is 1. The molecule has 3 aromatic carbocycles. The van der Waals surface area contributed by atoms with Crippen LogP contribution in [0.4, 0.5) is 11.4 Å². The molecule has 0 fully saturated rings. The van der Waals surface area contributed by atoms with Crippen LogP contribution >= 0.6 is 0 Å². The number of aryl methyl sites for hydroxylation is 1. The molecule has 0 radical (unpaired) electrons. The van der Waals surface area contributed by atoms with Crippen molar-refractivity contribution in [1.29, 1.82) is 0 Å². The minimum atomic E-state index is -4.32. The van der Waals surface area contributed by atoms with Crippen molar-refractivity contribution in [2.75, 3.05) is 10.8 Å². The molecule has 11 heteroatoms. The number of carbonyl (C=O) groups is 2. The molecule has 1 atom stereocenters.